The Hall–Kier alpha value is -0.940. The van der Waals surface area contributed by atoms with Gasteiger partial charge in [0.2, 0.25) is 5.91 Å². The molecule has 0 rings (SSSR count). The highest BCUT2D eigenvalue weighted by Crippen LogP contribution is 2.12. The number of hydrogen-bond donors (Lipinski definition) is 3. The van der Waals surface area contributed by atoms with Crippen LogP contribution in [0.4, 0.5) is 0 Å². The monoisotopic (exact) mass is 445 g/mol. The van der Waals surface area contributed by atoms with Gasteiger partial charge in [0.05, 0.1) is 18.2 Å². The van der Waals surface area contributed by atoms with E-state index in [4.69, 9.17) is 10.2 Å². The van der Waals surface area contributed by atoms with Crippen molar-refractivity contribution >= 4 is 11.7 Å². The van der Waals surface area contributed by atoms with E-state index < -0.39 is 0 Å². The van der Waals surface area contributed by atoms with Crippen LogP contribution < -0.4 is 5.32 Å². The number of aliphatic hydroxyl groups excluding tert-OH is 2. The van der Waals surface area contributed by atoms with E-state index in [-0.39, 0.29) is 35.9 Å². The van der Waals surface area contributed by atoms with E-state index in [1.165, 1.54) is 19.3 Å². The van der Waals surface area contributed by atoms with Crippen molar-refractivity contribution in [1.82, 2.24) is 5.32 Å². The molecule has 5 heteroatoms. The first kappa shape index (κ1) is 34.7. The summed E-state index contributed by atoms with van der Waals surface area (Å²) in [6, 6.07) is -0.271. The summed E-state index contributed by atoms with van der Waals surface area (Å²) in [4.78, 5) is 24.2. The Bertz CT molecular complexity index is 389. The molecule has 0 bridgehead atoms. The molecule has 0 saturated carbocycles. The molecule has 5 nitrogen and oxygen atoms in total. The Morgan fingerprint density at radius 3 is 1.52 bits per heavy atom. The zero-order valence-corrected chi connectivity index (χ0v) is 22.0. The molecule has 0 spiro atoms. The molecule has 0 radical (unpaired) electrons. The van der Waals surface area contributed by atoms with Crippen LogP contribution in [0.25, 0.3) is 0 Å². The van der Waals surface area contributed by atoms with Crippen LogP contribution in [-0.2, 0) is 9.59 Å². The molecule has 0 aliphatic heterocycles. The fraction of sp³-hybridized carbons (Fsp3) is 0.923. The Labute approximate surface area is 193 Å². The van der Waals surface area contributed by atoms with Crippen LogP contribution in [0.2, 0.25) is 0 Å². The molecule has 4 atom stereocenters. The second-order valence-corrected chi connectivity index (χ2v) is 8.64. The van der Waals surface area contributed by atoms with Gasteiger partial charge in [0.1, 0.15) is 0 Å². The van der Waals surface area contributed by atoms with Gasteiger partial charge in [0.15, 0.2) is 5.78 Å². The summed E-state index contributed by atoms with van der Waals surface area (Å²) in [5.41, 5.74) is 0. The van der Waals surface area contributed by atoms with Gasteiger partial charge in [-0.2, -0.15) is 0 Å². The SMILES string of the molecule is CCC(C)O.CCC(C)O.CCCCCCC(C)C(=O)NC(CCCCC)C(=O)CC. The Morgan fingerprint density at radius 1 is 0.710 bits per heavy atom. The fourth-order valence-electron chi connectivity index (χ4n) is 2.48. The predicted octanol–water partition coefficient (Wildman–Crippen LogP) is 6.19. The summed E-state index contributed by atoms with van der Waals surface area (Å²) >= 11 is 0. The average Bonchev–Trinajstić information content (AvgIpc) is 2.75. The lowest BCUT2D eigenvalue weighted by molar-refractivity contribution is -0.130. The van der Waals surface area contributed by atoms with E-state index in [1.807, 2.05) is 27.7 Å². The fourth-order valence-corrected chi connectivity index (χ4v) is 2.48. The van der Waals surface area contributed by atoms with Gasteiger partial charge >= 0.3 is 0 Å². The molecule has 3 N–H and O–H groups in total. The predicted molar refractivity (Wildman–Crippen MR) is 133 cm³/mol. The minimum absolute atomic E-state index is 0.0141. The largest absolute Gasteiger partial charge is 0.393 e. The van der Waals surface area contributed by atoms with E-state index in [2.05, 4.69) is 19.2 Å². The molecule has 0 heterocycles. The van der Waals surface area contributed by atoms with E-state index >= 15 is 0 Å². The van der Waals surface area contributed by atoms with Crippen molar-refractivity contribution in [1.29, 1.82) is 0 Å². The van der Waals surface area contributed by atoms with Crippen molar-refractivity contribution < 1.29 is 19.8 Å². The number of hydrogen-bond acceptors (Lipinski definition) is 4. The third-order valence-corrected chi connectivity index (χ3v) is 5.27. The standard InChI is InChI=1S/C18H35NO2.2C4H10O/c1-5-8-10-12-13-15(4)18(21)19-16(17(20)7-3)14-11-9-6-2;2*1-3-4(2)5/h15-16H,5-14H2,1-4H3,(H,19,21);2*4-5H,3H2,1-2H3. The molecule has 0 saturated heterocycles. The van der Waals surface area contributed by atoms with E-state index in [0.29, 0.717) is 6.42 Å². The Kier molecular flexibility index (Phi) is 28.3. The molecule has 1 amide bonds. The third kappa shape index (κ3) is 27.0. The maximum absolute atomic E-state index is 12.2. The molecule has 0 fully saturated rings. The number of aliphatic hydroxyl groups is 2. The number of rotatable bonds is 15. The minimum atomic E-state index is -0.271. The number of nitrogens with one attached hydrogen (secondary N) is 1. The smallest absolute Gasteiger partial charge is 0.223 e. The van der Waals surface area contributed by atoms with Crippen molar-refractivity contribution in [3.05, 3.63) is 0 Å². The van der Waals surface area contributed by atoms with Crippen LogP contribution in [0.3, 0.4) is 0 Å². The minimum Gasteiger partial charge on any atom is -0.393 e. The van der Waals surface area contributed by atoms with Crippen molar-refractivity contribution in [2.75, 3.05) is 0 Å². The lowest BCUT2D eigenvalue weighted by atomic mass is 9.99. The molecular weight excluding hydrogens is 390 g/mol. The highest BCUT2D eigenvalue weighted by Gasteiger charge is 2.21. The van der Waals surface area contributed by atoms with Crippen molar-refractivity contribution in [2.24, 2.45) is 5.92 Å². The maximum Gasteiger partial charge on any atom is 0.223 e. The van der Waals surface area contributed by atoms with Gasteiger partial charge in [-0.05, 0) is 39.5 Å². The van der Waals surface area contributed by atoms with Gasteiger partial charge in [-0.15, -0.1) is 0 Å². The Morgan fingerprint density at radius 2 is 1.13 bits per heavy atom. The average molecular weight is 446 g/mol. The summed E-state index contributed by atoms with van der Waals surface area (Å²) in [7, 11) is 0. The van der Waals surface area contributed by atoms with Crippen LogP contribution in [0, 0.1) is 5.92 Å². The van der Waals surface area contributed by atoms with Crippen LogP contribution in [0.1, 0.15) is 132 Å². The summed E-state index contributed by atoms with van der Waals surface area (Å²) in [5, 5.41) is 19.7. The van der Waals surface area contributed by atoms with Gasteiger partial charge in [-0.1, -0.05) is 86.5 Å². The third-order valence-electron chi connectivity index (χ3n) is 5.27. The van der Waals surface area contributed by atoms with Crippen molar-refractivity contribution in [3.63, 3.8) is 0 Å². The van der Waals surface area contributed by atoms with Crippen molar-refractivity contribution in [3.8, 4) is 0 Å². The molecule has 188 valence electrons. The highest BCUT2D eigenvalue weighted by atomic mass is 16.3. The first-order chi connectivity index (χ1) is 14.6. The summed E-state index contributed by atoms with van der Waals surface area (Å²) in [5.74, 6) is 0.229. The van der Waals surface area contributed by atoms with Crippen LogP contribution in [0.15, 0.2) is 0 Å². The molecule has 0 aliphatic rings. The molecule has 4 unspecified atom stereocenters. The maximum atomic E-state index is 12.2. The van der Waals surface area contributed by atoms with Crippen LogP contribution in [0.5, 0.6) is 0 Å². The topological polar surface area (TPSA) is 86.6 Å². The molecular formula is C26H55NO4. The lowest BCUT2D eigenvalue weighted by Crippen LogP contribution is -2.43. The highest BCUT2D eigenvalue weighted by molar-refractivity contribution is 5.89. The molecule has 0 aromatic carbocycles. The number of unbranched alkanes of at least 4 members (excludes halogenated alkanes) is 5. The zero-order chi connectivity index (χ0) is 24.7. The van der Waals surface area contributed by atoms with Gasteiger partial charge < -0.3 is 15.5 Å². The Balaban J connectivity index is -0.000000646. The molecule has 0 aliphatic carbocycles. The van der Waals surface area contributed by atoms with Gasteiger partial charge in [-0.3, -0.25) is 9.59 Å². The van der Waals surface area contributed by atoms with Gasteiger partial charge in [0.25, 0.3) is 0 Å². The zero-order valence-electron chi connectivity index (χ0n) is 22.0. The summed E-state index contributed by atoms with van der Waals surface area (Å²) in [6.07, 6.45) is 11.7. The van der Waals surface area contributed by atoms with Gasteiger partial charge in [0, 0.05) is 12.3 Å². The lowest BCUT2D eigenvalue weighted by Gasteiger charge is -2.20. The number of carbonyl (C=O) groups excluding carboxylic acids is 2. The normalized spacial score (nSPS) is 14.1. The van der Waals surface area contributed by atoms with E-state index in [9.17, 15) is 9.59 Å². The molecule has 31 heavy (non-hydrogen) atoms. The number of amides is 1. The van der Waals surface area contributed by atoms with E-state index in [0.717, 1.165) is 51.4 Å². The second kappa shape index (κ2) is 25.3. The quantitative estimate of drug-likeness (QED) is 0.262. The molecule has 0 aromatic heterocycles. The second-order valence-electron chi connectivity index (χ2n) is 8.64. The van der Waals surface area contributed by atoms with Crippen LogP contribution in [-0.4, -0.2) is 40.2 Å². The van der Waals surface area contributed by atoms with E-state index in [1.54, 1.807) is 13.8 Å². The van der Waals surface area contributed by atoms with Crippen molar-refractivity contribution in [2.45, 2.75) is 151 Å². The number of Topliss-reactive ketones (excluding diaryl/α,β-unsaturated/α-hetero) is 1. The van der Waals surface area contributed by atoms with Gasteiger partial charge in [-0.25, -0.2) is 0 Å². The van der Waals surface area contributed by atoms with Crippen LogP contribution >= 0.6 is 0 Å². The first-order valence-electron chi connectivity index (χ1n) is 12.8. The first-order valence-corrected chi connectivity index (χ1v) is 12.8. The summed E-state index contributed by atoms with van der Waals surface area (Å²) < 4.78 is 0. The molecule has 0 aromatic rings. The summed E-state index contributed by atoms with van der Waals surface area (Å²) in [6.45, 7) is 15.6. The number of ketones is 1. The number of carbonyl (C=O) groups is 2.